The van der Waals surface area contributed by atoms with Crippen LogP contribution in [0.3, 0.4) is 0 Å². The molecule has 2 heterocycles. The van der Waals surface area contributed by atoms with Crippen LogP contribution in [-0.4, -0.2) is 44.3 Å². The van der Waals surface area contributed by atoms with Gasteiger partial charge in [-0.2, -0.15) is 0 Å². The van der Waals surface area contributed by atoms with Gasteiger partial charge < -0.3 is 9.64 Å². The molecule has 1 aliphatic carbocycles. The van der Waals surface area contributed by atoms with Crippen LogP contribution in [-0.2, 0) is 16.3 Å². The Kier molecular flexibility index (Phi) is 5.75. The molecule has 34 heavy (non-hydrogen) atoms. The van der Waals surface area contributed by atoms with E-state index in [1.165, 1.54) is 36.4 Å². The summed E-state index contributed by atoms with van der Waals surface area (Å²) < 4.78 is 58.4. The number of benzene rings is 2. The number of halogens is 2. The zero-order chi connectivity index (χ0) is 24.0. The predicted molar refractivity (Wildman–Crippen MR) is 124 cm³/mol. The van der Waals surface area contributed by atoms with Crippen LogP contribution in [0.1, 0.15) is 12.5 Å². The second kappa shape index (κ2) is 8.61. The first-order valence-corrected chi connectivity index (χ1v) is 13.1. The number of hydrogen-bond donors (Lipinski definition) is 0. The van der Waals surface area contributed by atoms with Crippen molar-refractivity contribution in [2.75, 3.05) is 30.9 Å². The molecule has 1 saturated carbocycles. The SMILES string of the molecule is CCc1cnc(N2CC3C(COc4cc(F)c(-c5ccc(S(C)(=O)=O)cc5)c(F)c4)C3C2)nc1. The summed E-state index contributed by atoms with van der Waals surface area (Å²) in [6, 6.07) is 7.83. The Bertz CT molecular complexity index is 1280. The summed E-state index contributed by atoms with van der Waals surface area (Å²) in [5.74, 6) is 0.670. The van der Waals surface area contributed by atoms with Gasteiger partial charge in [-0.3, -0.25) is 0 Å². The number of piperidine rings is 1. The van der Waals surface area contributed by atoms with Crippen molar-refractivity contribution in [2.45, 2.75) is 18.2 Å². The van der Waals surface area contributed by atoms with Gasteiger partial charge in [-0.15, -0.1) is 0 Å². The first kappa shape index (κ1) is 22.7. The second-order valence-corrected chi connectivity index (χ2v) is 11.0. The monoisotopic (exact) mass is 485 g/mol. The summed E-state index contributed by atoms with van der Waals surface area (Å²) in [5.41, 5.74) is 1.16. The van der Waals surface area contributed by atoms with E-state index >= 15 is 0 Å². The quantitative estimate of drug-likeness (QED) is 0.501. The number of sulfone groups is 1. The smallest absolute Gasteiger partial charge is 0.225 e. The van der Waals surface area contributed by atoms with Crippen LogP contribution in [0.2, 0.25) is 0 Å². The molecule has 1 aliphatic heterocycles. The molecule has 0 N–H and O–H groups in total. The number of hydrogen-bond acceptors (Lipinski definition) is 6. The molecule has 9 heteroatoms. The van der Waals surface area contributed by atoms with E-state index in [1.807, 2.05) is 12.4 Å². The zero-order valence-corrected chi connectivity index (χ0v) is 19.7. The molecule has 0 radical (unpaired) electrons. The minimum absolute atomic E-state index is 0.0927. The molecule has 0 amide bonds. The Hall–Kier alpha value is -3.07. The van der Waals surface area contributed by atoms with E-state index in [-0.39, 0.29) is 21.8 Å². The Labute approximate surface area is 197 Å². The summed E-state index contributed by atoms with van der Waals surface area (Å²) in [5, 5.41) is 0. The van der Waals surface area contributed by atoms with E-state index in [4.69, 9.17) is 4.74 Å². The summed E-state index contributed by atoms with van der Waals surface area (Å²) in [4.78, 5) is 11.2. The minimum atomic E-state index is -3.38. The van der Waals surface area contributed by atoms with Crippen molar-refractivity contribution in [1.82, 2.24) is 9.97 Å². The summed E-state index contributed by atoms with van der Waals surface area (Å²) in [6.45, 7) is 4.18. The fourth-order valence-electron chi connectivity index (χ4n) is 4.72. The van der Waals surface area contributed by atoms with E-state index in [2.05, 4.69) is 21.8 Å². The average molecular weight is 486 g/mol. The molecule has 1 saturated heterocycles. The summed E-state index contributed by atoms with van der Waals surface area (Å²) in [7, 11) is -3.38. The van der Waals surface area contributed by atoms with Crippen LogP contribution in [0.5, 0.6) is 5.75 Å². The van der Waals surface area contributed by atoms with Crippen molar-refractivity contribution in [3.05, 3.63) is 66.0 Å². The van der Waals surface area contributed by atoms with E-state index in [0.717, 1.165) is 37.3 Å². The molecule has 2 aliphatic rings. The average Bonchev–Trinajstić information content (AvgIpc) is 3.25. The third-order valence-electron chi connectivity index (χ3n) is 6.78. The Morgan fingerprint density at radius 3 is 2.15 bits per heavy atom. The van der Waals surface area contributed by atoms with E-state index in [1.54, 1.807) is 0 Å². The molecule has 2 aromatic carbocycles. The van der Waals surface area contributed by atoms with Crippen LogP contribution < -0.4 is 9.64 Å². The maximum Gasteiger partial charge on any atom is 0.225 e. The third-order valence-corrected chi connectivity index (χ3v) is 7.91. The topological polar surface area (TPSA) is 72.4 Å². The van der Waals surface area contributed by atoms with Gasteiger partial charge in [0.05, 0.1) is 17.1 Å². The third kappa shape index (κ3) is 4.36. The van der Waals surface area contributed by atoms with E-state index < -0.39 is 21.5 Å². The van der Waals surface area contributed by atoms with Crippen molar-refractivity contribution in [3.8, 4) is 16.9 Å². The van der Waals surface area contributed by atoms with Crippen molar-refractivity contribution in [2.24, 2.45) is 17.8 Å². The van der Waals surface area contributed by atoms with E-state index in [0.29, 0.717) is 24.4 Å². The lowest BCUT2D eigenvalue weighted by atomic mass is 10.0. The fraction of sp³-hybridized carbons (Fsp3) is 0.360. The number of ether oxygens (including phenoxy) is 1. The number of rotatable bonds is 7. The minimum Gasteiger partial charge on any atom is -0.493 e. The molecular weight excluding hydrogens is 460 g/mol. The van der Waals surface area contributed by atoms with Crippen LogP contribution in [0.25, 0.3) is 11.1 Å². The summed E-state index contributed by atoms with van der Waals surface area (Å²) >= 11 is 0. The summed E-state index contributed by atoms with van der Waals surface area (Å²) in [6.07, 6.45) is 5.71. The number of nitrogens with zero attached hydrogens (tertiary/aromatic N) is 3. The molecule has 5 rings (SSSR count). The maximum absolute atomic E-state index is 14.7. The highest BCUT2D eigenvalue weighted by Crippen LogP contribution is 2.52. The van der Waals surface area contributed by atoms with Crippen molar-refractivity contribution >= 4 is 15.8 Å². The van der Waals surface area contributed by atoms with Gasteiger partial charge >= 0.3 is 0 Å². The highest BCUT2D eigenvalue weighted by molar-refractivity contribution is 7.90. The van der Waals surface area contributed by atoms with Gasteiger partial charge in [0.2, 0.25) is 5.95 Å². The van der Waals surface area contributed by atoms with Crippen molar-refractivity contribution < 1.29 is 21.9 Å². The second-order valence-electron chi connectivity index (χ2n) is 9.01. The van der Waals surface area contributed by atoms with Gasteiger partial charge in [0.15, 0.2) is 9.84 Å². The van der Waals surface area contributed by atoms with Crippen LogP contribution in [0, 0.1) is 29.4 Å². The molecule has 2 unspecified atom stereocenters. The largest absolute Gasteiger partial charge is 0.493 e. The van der Waals surface area contributed by atoms with Crippen LogP contribution in [0.4, 0.5) is 14.7 Å². The van der Waals surface area contributed by atoms with Gasteiger partial charge in [0.1, 0.15) is 17.4 Å². The Balaban J connectivity index is 1.20. The van der Waals surface area contributed by atoms with Crippen molar-refractivity contribution in [1.29, 1.82) is 0 Å². The zero-order valence-electron chi connectivity index (χ0n) is 18.9. The molecule has 6 nitrogen and oxygen atoms in total. The highest BCUT2D eigenvalue weighted by Gasteiger charge is 2.56. The molecule has 178 valence electrons. The molecule has 2 atom stereocenters. The number of anilines is 1. The van der Waals surface area contributed by atoms with Gasteiger partial charge in [-0.1, -0.05) is 19.1 Å². The van der Waals surface area contributed by atoms with Gasteiger partial charge in [0, 0.05) is 49.8 Å². The normalized spacial score (nSPS) is 21.4. The van der Waals surface area contributed by atoms with Crippen molar-refractivity contribution in [3.63, 3.8) is 0 Å². The van der Waals surface area contributed by atoms with Crippen LogP contribution >= 0.6 is 0 Å². The number of fused-ring (bicyclic) bond motifs is 1. The highest BCUT2D eigenvalue weighted by atomic mass is 32.2. The van der Waals surface area contributed by atoms with Gasteiger partial charge in [-0.05, 0) is 41.5 Å². The molecule has 1 aromatic heterocycles. The van der Waals surface area contributed by atoms with Crippen LogP contribution in [0.15, 0.2) is 53.7 Å². The first-order valence-electron chi connectivity index (χ1n) is 11.2. The lowest BCUT2D eigenvalue weighted by molar-refractivity contribution is 0.280. The lowest BCUT2D eigenvalue weighted by Gasteiger charge is -2.20. The molecule has 2 fully saturated rings. The molecule has 0 spiro atoms. The predicted octanol–water partition coefficient (Wildman–Crippen LogP) is 4.15. The van der Waals surface area contributed by atoms with Gasteiger partial charge in [-0.25, -0.2) is 27.2 Å². The Morgan fingerprint density at radius 1 is 1.03 bits per heavy atom. The standard InChI is InChI=1S/C25H25F2N3O3S/c1-3-15-10-28-25(29-11-15)30-12-19-20(13-30)21(19)14-33-17-8-22(26)24(23(27)9-17)16-4-6-18(7-5-16)34(2,31)32/h4-11,19-21H,3,12-14H2,1-2H3. The molecule has 0 bridgehead atoms. The lowest BCUT2D eigenvalue weighted by Crippen LogP contribution is -2.27. The van der Waals surface area contributed by atoms with E-state index in [9.17, 15) is 17.2 Å². The number of aryl methyl sites for hydroxylation is 1. The number of aromatic nitrogens is 2. The van der Waals surface area contributed by atoms with Gasteiger partial charge in [0.25, 0.3) is 0 Å². The first-order chi connectivity index (χ1) is 16.2. The molecular formula is C25H25F2N3O3S. The fourth-order valence-corrected chi connectivity index (χ4v) is 5.35. The molecule has 3 aromatic rings. The maximum atomic E-state index is 14.7. The Morgan fingerprint density at radius 2 is 1.62 bits per heavy atom.